The number of morpholine rings is 1. The highest BCUT2D eigenvalue weighted by Gasteiger charge is 2.64. The highest BCUT2D eigenvalue weighted by atomic mass is 16.5. The number of hydrogen-bond acceptors (Lipinski definition) is 11. The average Bonchev–Trinajstić information content (AvgIpc) is 2.90. The number of Topliss-reactive ketones (excluding diaryl/α,β-unsaturated/α-hetero) is 3. The van der Waals surface area contributed by atoms with Gasteiger partial charge in [-0.2, -0.15) is 0 Å². The van der Waals surface area contributed by atoms with Crippen molar-refractivity contribution in [3.05, 3.63) is 45.7 Å². The summed E-state index contributed by atoms with van der Waals surface area (Å²) < 4.78 is 5.23. The number of amides is 2. The molecule has 3 aliphatic carbocycles. The molecule has 2 amide bonds. The first-order valence-corrected chi connectivity index (χ1v) is 12.7. The molecule has 4 aliphatic rings. The maximum atomic E-state index is 13.9. The van der Waals surface area contributed by atoms with E-state index in [-0.39, 0.29) is 61.4 Å². The van der Waals surface area contributed by atoms with Crippen molar-refractivity contribution >= 4 is 34.9 Å². The van der Waals surface area contributed by atoms with Gasteiger partial charge in [0.15, 0.2) is 11.4 Å². The number of primary amides is 1. The number of phenols is 1. The van der Waals surface area contributed by atoms with Crippen LogP contribution < -0.4 is 5.73 Å². The van der Waals surface area contributed by atoms with Gasteiger partial charge in [0.05, 0.1) is 24.8 Å². The Hall–Kier alpha value is -4.07. The van der Waals surface area contributed by atoms with E-state index in [4.69, 9.17) is 10.5 Å². The molecule has 1 saturated heterocycles. The Labute approximate surface area is 228 Å². The standard InChI is InChI=1S/C27H29N3O10/c1-29(2)19-14-10-11-9-13-12(20(32)26(38)30-5-7-40-8-6-30)3-4-15(31)17(13)21(33)16(11)23(35)27(14,39)24(36)18(22(19)34)25(28)37/h3-4,11,14,19,31,33,36,39H,5-10H2,1-2H3,(H2,28,37)/t11-,14-,19?,27-/m1/s1. The van der Waals surface area contributed by atoms with Crippen LogP contribution in [-0.2, 0) is 30.3 Å². The first-order valence-electron chi connectivity index (χ1n) is 12.7. The summed E-state index contributed by atoms with van der Waals surface area (Å²) in [5.41, 5.74) is 1.13. The molecule has 1 aromatic carbocycles. The summed E-state index contributed by atoms with van der Waals surface area (Å²) in [5, 5.41) is 44.5. The van der Waals surface area contributed by atoms with Crippen LogP contribution in [0, 0.1) is 11.8 Å². The maximum Gasteiger partial charge on any atom is 0.295 e. The Kier molecular flexibility index (Phi) is 6.56. The van der Waals surface area contributed by atoms with Gasteiger partial charge >= 0.3 is 0 Å². The number of nitrogens with zero attached hydrogens (tertiary/aromatic N) is 2. The second-order valence-corrected chi connectivity index (χ2v) is 10.7. The van der Waals surface area contributed by atoms with E-state index in [0.717, 1.165) is 6.07 Å². The molecular weight excluding hydrogens is 526 g/mol. The molecule has 1 saturated carbocycles. The van der Waals surface area contributed by atoms with E-state index in [2.05, 4.69) is 0 Å². The molecule has 6 N–H and O–H groups in total. The van der Waals surface area contributed by atoms with Crippen LogP contribution in [0.25, 0.3) is 5.76 Å². The van der Waals surface area contributed by atoms with Gasteiger partial charge in [0.25, 0.3) is 17.6 Å². The monoisotopic (exact) mass is 555 g/mol. The number of carbonyl (C=O) groups excluding carboxylic acids is 5. The number of likely N-dealkylation sites (N-methyl/N-ethyl adjacent to an activating group) is 1. The molecule has 2 fully saturated rings. The van der Waals surface area contributed by atoms with Crippen LogP contribution in [0.2, 0.25) is 0 Å². The summed E-state index contributed by atoms with van der Waals surface area (Å²) in [6.45, 7) is 1.00. The van der Waals surface area contributed by atoms with E-state index >= 15 is 0 Å². The third-order valence-electron chi connectivity index (χ3n) is 8.34. The fourth-order valence-corrected chi connectivity index (χ4v) is 6.48. The van der Waals surface area contributed by atoms with E-state index in [1.807, 2.05) is 0 Å². The largest absolute Gasteiger partial charge is 0.508 e. The van der Waals surface area contributed by atoms with E-state index in [1.54, 1.807) is 0 Å². The van der Waals surface area contributed by atoms with Crippen molar-refractivity contribution in [1.29, 1.82) is 0 Å². The van der Waals surface area contributed by atoms with Crippen molar-refractivity contribution in [1.82, 2.24) is 9.80 Å². The van der Waals surface area contributed by atoms with Gasteiger partial charge in [0.2, 0.25) is 5.78 Å². The lowest BCUT2D eigenvalue weighted by molar-refractivity contribution is -0.153. The predicted octanol–water partition coefficient (Wildman–Crippen LogP) is -0.994. The summed E-state index contributed by atoms with van der Waals surface area (Å²) in [4.78, 5) is 68.2. The van der Waals surface area contributed by atoms with Crippen LogP contribution in [0.5, 0.6) is 5.75 Å². The predicted molar refractivity (Wildman–Crippen MR) is 136 cm³/mol. The Morgan fingerprint density at radius 2 is 1.75 bits per heavy atom. The normalized spacial score (nSPS) is 28.3. The van der Waals surface area contributed by atoms with Crippen LogP contribution in [0.3, 0.4) is 0 Å². The molecule has 5 rings (SSSR count). The number of aliphatic hydroxyl groups excluding tert-OH is 2. The molecule has 0 radical (unpaired) electrons. The number of fused-ring (bicyclic) bond motifs is 3. The number of aliphatic hydroxyl groups is 3. The highest BCUT2D eigenvalue weighted by Crippen LogP contribution is 2.53. The quantitative estimate of drug-likeness (QED) is 0.173. The lowest BCUT2D eigenvalue weighted by Crippen LogP contribution is -2.65. The fraction of sp³-hybridized carbons (Fsp3) is 0.444. The topological polar surface area (TPSA) is 208 Å². The Morgan fingerprint density at radius 1 is 1.10 bits per heavy atom. The third-order valence-corrected chi connectivity index (χ3v) is 8.34. The van der Waals surface area contributed by atoms with E-state index in [9.17, 15) is 44.4 Å². The molecule has 1 aromatic rings. The number of phenolic OH excluding ortho intramolecular Hbond substituents is 1. The molecule has 4 atom stereocenters. The lowest BCUT2D eigenvalue weighted by Gasteiger charge is -2.50. The number of aromatic hydroxyl groups is 1. The summed E-state index contributed by atoms with van der Waals surface area (Å²) in [5.74, 6) is -9.50. The van der Waals surface area contributed by atoms with Crippen LogP contribution in [0.15, 0.2) is 29.0 Å². The Bertz CT molecular complexity index is 1440. The Balaban J connectivity index is 1.65. The third kappa shape index (κ3) is 3.76. The van der Waals surface area contributed by atoms with E-state index < -0.39 is 75.5 Å². The number of benzene rings is 1. The minimum Gasteiger partial charge on any atom is -0.508 e. The van der Waals surface area contributed by atoms with E-state index in [0.29, 0.717) is 0 Å². The molecule has 1 heterocycles. The summed E-state index contributed by atoms with van der Waals surface area (Å²) in [6, 6.07) is 1.16. The second-order valence-electron chi connectivity index (χ2n) is 10.7. The van der Waals surface area contributed by atoms with Crippen molar-refractivity contribution in [2.75, 3.05) is 40.4 Å². The molecule has 40 heavy (non-hydrogen) atoms. The number of ether oxygens (including phenoxy) is 1. The molecular formula is C27H29N3O10. The van der Waals surface area contributed by atoms with E-state index in [1.165, 1.54) is 30.0 Å². The number of nitrogens with two attached hydrogens (primary N) is 1. The van der Waals surface area contributed by atoms with Crippen molar-refractivity contribution in [2.45, 2.75) is 24.5 Å². The van der Waals surface area contributed by atoms with Gasteiger partial charge in [-0.3, -0.25) is 28.9 Å². The van der Waals surface area contributed by atoms with Gasteiger partial charge in [0.1, 0.15) is 22.8 Å². The number of ketones is 3. The van der Waals surface area contributed by atoms with Crippen molar-refractivity contribution in [3.63, 3.8) is 0 Å². The molecule has 212 valence electrons. The van der Waals surface area contributed by atoms with Crippen LogP contribution in [-0.4, -0.2) is 111 Å². The zero-order valence-corrected chi connectivity index (χ0v) is 21.8. The van der Waals surface area contributed by atoms with Gasteiger partial charge in [-0.15, -0.1) is 0 Å². The molecule has 0 bridgehead atoms. The summed E-state index contributed by atoms with van der Waals surface area (Å²) in [7, 11) is 3.00. The smallest absolute Gasteiger partial charge is 0.295 e. The van der Waals surface area contributed by atoms with Crippen LogP contribution >= 0.6 is 0 Å². The number of hydrogen-bond donors (Lipinski definition) is 5. The maximum absolute atomic E-state index is 13.9. The lowest BCUT2D eigenvalue weighted by atomic mass is 9.57. The first-order chi connectivity index (χ1) is 18.8. The molecule has 0 spiro atoms. The van der Waals surface area contributed by atoms with Crippen molar-refractivity contribution in [3.8, 4) is 5.75 Å². The van der Waals surface area contributed by atoms with Gasteiger partial charge in [-0.1, -0.05) is 0 Å². The van der Waals surface area contributed by atoms with Gasteiger partial charge < -0.3 is 35.8 Å². The van der Waals surface area contributed by atoms with Crippen molar-refractivity contribution < 1.29 is 49.1 Å². The minimum absolute atomic E-state index is 0.0641. The molecule has 1 unspecified atom stereocenters. The van der Waals surface area contributed by atoms with Gasteiger partial charge in [-0.05, 0) is 50.6 Å². The average molecular weight is 556 g/mol. The molecule has 0 aromatic heterocycles. The number of carbonyl (C=O) groups is 5. The minimum atomic E-state index is -2.76. The summed E-state index contributed by atoms with van der Waals surface area (Å²) in [6.07, 6.45) is -0.229. The highest BCUT2D eigenvalue weighted by molar-refractivity contribution is 6.43. The zero-order chi connectivity index (χ0) is 29.3. The van der Waals surface area contributed by atoms with Crippen LogP contribution in [0.4, 0.5) is 0 Å². The molecule has 13 nitrogen and oxygen atoms in total. The first kappa shape index (κ1) is 27.5. The Morgan fingerprint density at radius 3 is 2.35 bits per heavy atom. The summed E-state index contributed by atoms with van der Waals surface area (Å²) >= 11 is 0. The number of rotatable bonds is 4. The van der Waals surface area contributed by atoms with Crippen LogP contribution in [0.1, 0.15) is 27.9 Å². The van der Waals surface area contributed by atoms with Gasteiger partial charge in [0, 0.05) is 30.1 Å². The zero-order valence-electron chi connectivity index (χ0n) is 21.8. The second kappa shape index (κ2) is 9.54. The fourth-order valence-electron chi connectivity index (χ4n) is 6.48. The molecule has 1 aliphatic heterocycles. The van der Waals surface area contributed by atoms with Crippen molar-refractivity contribution in [2.24, 2.45) is 17.6 Å². The molecule has 13 heteroatoms. The van der Waals surface area contributed by atoms with Gasteiger partial charge in [-0.25, -0.2) is 0 Å². The SMILES string of the molecule is CN(C)C1C(=O)C(C(N)=O)=C(O)[C@]2(O)C(=O)C3=C(O)c4c(O)ccc(C(=O)C(=O)N5CCOCC5)c4C[C@@H]3C[C@H]12.